The molecule has 1 fully saturated rings. The fourth-order valence-electron chi connectivity index (χ4n) is 4.49. The van der Waals surface area contributed by atoms with Crippen molar-refractivity contribution in [1.29, 1.82) is 0 Å². The first-order valence-electron chi connectivity index (χ1n) is 12.2. The van der Waals surface area contributed by atoms with E-state index in [0.29, 0.717) is 29.3 Å². The molecule has 0 spiro atoms. The molecular weight excluding hydrogens is 473 g/mol. The topological polar surface area (TPSA) is 112 Å². The Morgan fingerprint density at radius 2 is 1.81 bits per heavy atom. The SMILES string of the molecule is Cc1nnc(-c2c(C)nn(-c3cc(Nc4c(C)c(-c5ccc(F)cc5)nn4CC4CC4)ncn3)c2C)o1. The van der Waals surface area contributed by atoms with Gasteiger partial charge in [-0.25, -0.2) is 23.7 Å². The molecule has 0 unspecified atom stereocenters. The molecule has 188 valence electrons. The van der Waals surface area contributed by atoms with E-state index < -0.39 is 0 Å². The van der Waals surface area contributed by atoms with Gasteiger partial charge in [0.25, 0.3) is 5.89 Å². The van der Waals surface area contributed by atoms with Crippen LogP contribution >= 0.6 is 0 Å². The predicted molar refractivity (Wildman–Crippen MR) is 135 cm³/mol. The number of nitrogens with zero attached hydrogens (tertiary/aromatic N) is 8. The van der Waals surface area contributed by atoms with E-state index in [9.17, 15) is 4.39 Å². The lowest BCUT2D eigenvalue weighted by Crippen LogP contribution is -2.09. The summed E-state index contributed by atoms with van der Waals surface area (Å²) in [7, 11) is 0. The van der Waals surface area contributed by atoms with Gasteiger partial charge in [0.2, 0.25) is 5.89 Å². The molecule has 6 rings (SSSR count). The minimum Gasteiger partial charge on any atom is -0.421 e. The number of hydrogen-bond acceptors (Lipinski definition) is 8. The summed E-state index contributed by atoms with van der Waals surface area (Å²) >= 11 is 0. The molecule has 0 saturated heterocycles. The molecule has 0 atom stereocenters. The average molecular weight is 500 g/mol. The van der Waals surface area contributed by atoms with Crippen molar-refractivity contribution in [1.82, 2.24) is 39.7 Å². The maximum Gasteiger partial charge on any atom is 0.251 e. The molecule has 1 saturated carbocycles. The third-order valence-corrected chi connectivity index (χ3v) is 6.58. The second kappa shape index (κ2) is 8.91. The lowest BCUT2D eigenvalue weighted by Gasteiger charge is -2.11. The molecular formula is C26H26FN9O. The van der Waals surface area contributed by atoms with Crippen LogP contribution in [0.2, 0.25) is 0 Å². The van der Waals surface area contributed by atoms with Crippen LogP contribution in [0, 0.1) is 39.4 Å². The maximum absolute atomic E-state index is 13.5. The monoisotopic (exact) mass is 499 g/mol. The van der Waals surface area contributed by atoms with E-state index in [-0.39, 0.29) is 5.82 Å². The second-order valence-electron chi connectivity index (χ2n) is 9.42. The normalized spacial score (nSPS) is 13.3. The van der Waals surface area contributed by atoms with Gasteiger partial charge in [0, 0.05) is 30.7 Å². The van der Waals surface area contributed by atoms with Gasteiger partial charge in [0.15, 0.2) is 5.82 Å². The van der Waals surface area contributed by atoms with E-state index in [0.717, 1.165) is 46.1 Å². The highest BCUT2D eigenvalue weighted by molar-refractivity contribution is 5.71. The molecule has 1 aliphatic carbocycles. The summed E-state index contributed by atoms with van der Waals surface area (Å²) in [5.41, 5.74) is 5.03. The zero-order valence-electron chi connectivity index (χ0n) is 21.0. The molecule has 37 heavy (non-hydrogen) atoms. The van der Waals surface area contributed by atoms with E-state index in [4.69, 9.17) is 9.52 Å². The van der Waals surface area contributed by atoms with E-state index in [1.165, 1.54) is 31.3 Å². The number of halogens is 1. The van der Waals surface area contributed by atoms with Crippen LogP contribution in [0.1, 0.15) is 35.7 Å². The van der Waals surface area contributed by atoms with Crippen molar-refractivity contribution in [2.45, 2.75) is 47.1 Å². The van der Waals surface area contributed by atoms with Crippen LogP contribution in [-0.2, 0) is 6.54 Å². The number of aryl methyl sites for hydroxylation is 2. The number of nitrogens with one attached hydrogen (secondary N) is 1. The molecule has 11 heteroatoms. The van der Waals surface area contributed by atoms with Crippen LogP contribution in [0.5, 0.6) is 0 Å². The van der Waals surface area contributed by atoms with Gasteiger partial charge >= 0.3 is 0 Å². The Morgan fingerprint density at radius 3 is 2.51 bits per heavy atom. The Kier molecular flexibility index (Phi) is 5.54. The fourth-order valence-corrected chi connectivity index (χ4v) is 4.49. The average Bonchev–Trinajstić information content (AvgIpc) is 3.42. The number of aromatic nitrogens is 8. The quantitative estimate of drug-likeness (QED) is 0.329. The molecule has 4 heterocycles. The van der Waals surface area contributed by atoms with Crippen molar-refractivity contribution in [3.63, 3.8) is 0 Å². The Hall–Kier alpha value is -4.41. The third kappa shape index (κ3) is 4.37. The Balaban J connectivity index is 1.35. The number of anilines is 2. The van der Waals surface area contributed by atoms with Gasteiger partial charge in [0.1, 0.15) is 23.8 Å². The highest BCUT2D eigenvalue weighted by Gasteiger charge is 2.26. The summed E-state index contributed by atoms with van der Waals surface area (Å²) < 4.78 is 22.9. The lowest BCUT2D eigenvalue weighted by molar-refractivity contribution is 0.532. The minimum absolute atomic E-state index is 0.271. The summed E-state index contributed by atoms with van der Waals surface area (Å²) in [6.07, 6.45) is 3.89. The fraction of sp³-hybridized carbons (Fsp3) is 0.308. The molecule has 4 aromatic heterocycles. The molecule has 0 amide bonds. The van der Waals surface area contributed by atoms with Crippen molar-refractivity contribution in [2.24, 2.45) is 5.92 Å². The zero-order valence-corrected chi connectivity index (χ0v) is 21.0. The smallest absolute Gasteiger partial charge is 0.251 e. The second-order valence-corrected chi connectivity index (χ2v) is 9.42. The van der Waals surface area contributed by atoms with E-state index in [1.807, 2.05) is 31.5 Å². The number of rotatable bonds is 7. The van der Waals surface area contributed by atoms with Gasteiger partial charge in [0.05, 0.1) is 22.6 Å². The molecule has 1 aromatic carbocycles. The largest absolute Gasteiger partial charge is 0.421 e. The summed E-state index contributed by atoms with van der Waals surface area (Å²) in [6.45, 7) is 8.42. The van der Waals surface area contributed by atoms with Crippen molar-refractivity contribution in [3.8, 4) is 28.5 Å². The summed E-state index contributed by atoms with van der Waals surface area (Å²) in [4.78, 5) is 8.91. The molecule has 0 aliphatic heterocycles. The molecule has 0 bridgehead atoms. The van der Waals surface area contributed by atoms with Crippen molar-refractivity contribution in [2.75, 3.05) is 5.32 Å². The number of benzene rings is 1. The summed E-state index contributed by atoms with van der Waals surface area (Å²) in [6, 6.07) is 8.26. The molecule has 0 radical (unpaired) electrons. The maximum atomic E-state index is 13.5. The zero-order chi connectivity index (χ0) is 25.7. The minimum atomic E-state index is -0.271. The van der Waals surface area contributed by atoms with Crippen molar-refractivity contribution < 1.29 is 8.81 Å². The van der Waals surface area contributed by atoms with Crippen LogP contribution in [-0.4, -0.2) is 39.7 Å². The summed E-state index contributed by atoms with van der Waals surface area (Å²) in [5.74, 6) is 3.33. The molecule has 5 aromatic rings. The molecule has 10 nitrogen and oxygen atoms in total. The van der Waals surface area contributed by atoms with Crippen LogP contribution in [0.25, 0.3) is 28.5 Å². The number of hydrogen-bond donors (Lipinski definition) is 1. The van der Waals surface area contributed by atoms with Crippen LogP contribution < -0.4 is 5.32 Å². The first-order chi connectivity index (χ1) is 17.9. The van der Waals surface area contributed by atoms with Gasteiger partial charge in [-0.1, -0.05) is 0 Å². The van der Waals surface area contributed by atoms with Gasteiger partial charge in [-0.15, -0.1) is 10.2 Å². The molecule has 1 N–H and O–H groups in total. The summed E-state index contributed by atoms with van der Waals surface area (Å²) in [5, 5.41) is 21.1. The van der Waals surface area contributed by atoms with Crippen LogP contribution in [0.15, 0.2) is 41.1 Å². The first-order valence-corrected chi connectivity index (χ1v) is 12.2. The third-order valence-electron chi connectivity index (χ3n) is 6.58. The highest BCUT2D eigenvalue weighted by atomic mass is 19.1. The standard InChI is InChI=1S/C26H26FN9O/c1-14-24(19-7-9-20(27)10-8-19)34-35(12-18-5-6-18)25(14)30-21-11-22(29-13-28-21)36-16(3)23(15(2)33-36)26-32-31-17(4)37-26/h7-11,13,18H,5-6,12H2,1-4H3,(H,28,29,30). The van der Waals surface area contributed by atoms with Gasteiger partial charge in [-0.2, -0.15) is 10.2 Å². The van der Waals surface area contributed by atoms with Crippen LogP contribution in [0.3, 0.4) is 0 Å². The lowest BCUT2D eigenvalue weighted by atomic mass is 10.1. The highest BCUT2D eigenvalue weighted by Crippen LogP contribution is 2.36. The van der Waals surface area contributed by atoms with E-state index in [2.05, 4.69) is 30.6 Å². The predicted octanol–water partition coefficient (Wildman–Crippen LogP) is 5.10. The van der Waals surface area contributed by atoms with E-state index >= 15 is 0 Å². The molecule has 1 aliphatic rings. The Bertz CT molecular complexity index is 1600. The Labute approximate surface area is 212 Å². The Morgan fingerprint density at radius 1 is 1.03 bits per heavy atom. The van der Waals surface area contributed by atoms with Crippen molar-refractivity contribution >= 4 is 11.6 Å². The van der Waals surface area contributed by atoms with Crippen LogP contribution in [0.4, 0.5) is 16.0 Å². The van der Waals surface area contributed by atoms with E-state index in [1.54, 1.807) is 23.7 Å². The van der Waals surface area contributed by atoms with Gasteiger partial charge in [-0.05, 0) is 63.8 Å². The van der Waals surface area contributed by atoms with Gasteiger partial charge < -0.3 is 9.73 Å². The first kappa shape index (κ1) is 23.0. The van der Waals surface area contributed by atoms with Gasteiger partial charge in [-0.3, -0.25) is 0 Å². The van der Waals surface area contributed by atoms with Crippen molar-refractivity contribution in [3.05, 3.63) is 65.3 Å².